The summed E-state index contributed by atoms with van der Waals surface area (Å²) in [6, 6.07) is 6.48. The molecule has 0 N–H and O–H groups in total. The maximum Gasteiger partial charge on any atom is 0.0827 e. The summed E-state index contributed by atoms with van der Waals surface area (Å²) in [6.07, 6.45) is 2.68. The molecule has 0 radical (unpaired) electrons. The molecule has 2 rings (SSSR count). The normalized spacial score (nSPS) is 21.0. The van der Waals surface area contributed by atoms with Crippen molar-refractivity contribution < 1.29 is 4.74 Å². The van der Waals surface area contributed by atoms with E-state index in [9.17, 15) is 0 Å². The number of hydrogen-bond acceptors (Lipinski definition) is 1. The third-order valence-corrected chi connectivity index (χ3v) is 2.73. The Hall–Kier alpha value is -0.820. The van der Waals surface area contributed by atoms with Crippen LogP contribution in [0.2, 0.25) is 0 Å². The highest BCUT2D eigenvalue weighted by Crippen LogP contribution is 2.34. The van der Waals surface area contributed by atoms with Gasteiger partial charge >= 0.3 is 0 Å². The Bertz CT molecular complexity index is 291. The number of methoxy groups -OCH3 is 1. The van der Waals surface area contributed by atoms with Gasteiger partial charge in [0.1, 0.15) is 0 Å². The molecule has 0 aromatic heterocycles. The first kappa shape index (κ1) is 7.81. The van der Waals surface area contributed by atoms with Crippen molar-refractivity contribution in [2.24, 2.45) is 0 Å². The molecule has 0 unspecified atom stereocenters. The lowest BCUT2D eigenvalue weighted by Crippen LogP contribution is -1.95. The molecule has 0 saturated carbocycles. The van der Waals surface area contributed by atoms with Crippen molar-refractivity contribution in [3.05, 3.63) is 34.9 Å². The molecule has 0 heterocycles. The van der Waals surface area contributed by atoms with Gasteiger partial charge in [-0.05, 0) is 36.5 Å². The van der Waals surface area contributed by atoms with Crippen LogP contribution >= 0.6 is 0 Å². The molecular formula is C11H14O. The van der Waals surface area contributed by atoms with Crippen LogP contribution in [0.25, 0.3) is 0 Å². The van der Waals surface area contributed by atoms with Gasteiger partial charge in [0.25, 0.3) is 0 Å². The first-order chi connectivity index (χ1) is 5.83. The molecule has 1 aliphatic rings. The number of ether oxygens (including phenoxy) is 1. The number of aryl methyl sites for hydroxylation is 1. The molecule has 64 valence electrons. The SMILES string of the molecule is CO[C@H]1CCc2c(C)cccc21. The maximum atomic E-state index is 5.39. The molecule has 1 heteroatoms. The highest BCUT2D eigenvalue weighted by molar-refractivity contribution is 5.39. The van der Waals surface area contributed by atoms with E-state index in [2.05, 4.69) is 25.1 Å². The Labute approximate surface area is 73.4 Å². The molecule has 0 bridgehead atoms. The van der Waals surface area contributed by atoms with Crippen LogP contribution in [-0.4, -0.2) is 7.11 Å². The lowest BCUT2D eigenvalue weighted by atomic mass is 10.0. The minimum absolute atomic E-state index is 0.347. The fourth-order valence-corrected chi connectivity index (χ4v) is 2.04. The summed E-state index contributed by atoms with van der Waals surface area (Å²) in [5, 5.41) is 0. The van der Waals surface area contributed by atoms with Crippen LogP contribution in [0.15, 0.2) is 18.2 Å². The molecule has 1 atom stereocenters. The predicted octanol–water partition coefficient (Wildman–Crippen LogP) is 2.63. The third-order valence-electron chi connectivity index (χ3n) is 2.73. The van der Waals surface area contributed by atoms with E-state index in [1.54, 1.807) is 7.11 Å². The van der Waals surface area contributed by atoms with Gasteiger partial charge in [0, 0.05) is 7.11 Å². The molecule has 1 aromatic rings. The highest BCUT2D eigenvalue weighted by atomic mass is 16.5. The van der Waals surface area contributed by atoms with Crippen LogP contribution in [-0.2, 0) is 11.2 Å². The summed E-state index contributed by atoms with van der Waals surface area (Å²) in [6.45, 7) is 2.18. The molecule has 0 amide bonds. The fraction of sp³-hybridized carbons (Fsp3) is 0.455. The van der Waals surface area contributed by atoms with Crippen LogP contribution in [0, 0.1) is 6.92 Å². The van der Waals surface area contributed by atoms with Crippen molar-refractivity contribution in [2.45, 2.75) is 25.9 Å². The highest BCUT2D eigenvalue weighted by Gasteiger charge is 2.22. The lowest BCUT2D eigenvalue weighted by Gasteiger charge is -2.09. The molecule has 0 fully saturated rings. The second-order valence-corrected chi connectivity index (χ2v) is 3.41. The molecule has 1 aliphatic carbocycles. The summed E-state index contributed by atoms with van der Waals surface area (Å²) in [4.78, 5) is 0. The van der Waals surface area contributed by atoms with E-state index in [1.807, 2.05) is 0 Å². The number of rotatable bonds is 1. The molecule has 1 nitrogen and oxygen atoms in total. The van der Waals surface area contributed by atoms with Gasteiger partial charge in [-0.3, -0.25) is 0 Å². The monoisotopic (exact) mass is 162 g/mol. The Morgan fingerprint density at radius 3 is 3.00 bits per heavy atom. The van der Waals surface area contributed by atoms with Crippen molar-refractivity contribution in [3.63, 3.8) is 0 Å². The molecule has 0 aliphatic heterocycles. The molecule has 0 saturated heterocycles. The van der Waals surface area contributed by atoms with Crippen molar-refractivity contribution in [1.29, 1.82) is 0 Å². The van der Waals surface area contributed by atoms with Crippen LogP contribution in [0.5, 0.6) is 0 Å². The van der Waals surface area contributed by atoms with Crippen LogP contribution < -0.4 is 0 Å². The molecule has 12 heavy (non-hydrogen) atoms. The Morgan fingerprint density at radius 2 is 2.25 bits per heavy atom. The second kappa shape index (κ2) is 2.91. The van der Waals surface area contributed by atoms with Gasteiger partial charge in [0.05, 0.1) is 6.10 Å². The lowest BCUT2D eigenvalue weighted by molar-refractivity contribution is 0.105. The zero-order valence-corrected chi connectivity index (χ0v) is 7.63. The Kier molecular flexibility index (Phi) is 1.89. The van der Waals surface area contributed by atoms with Crippen molar-refractivity contribution in [2.75, 3.05) is 7.11 Å². The van der Waals surface area contributed by atoms with E-state index < -0.39 is 0 Å². The average molecular weight is 162 g/mol. The van der Waals surface area contributed by atoms with E-state index in [4.69, 9.17) is 4.74 Å². The largest absolute Gasteiger partial charge is 0.377 e. The van der Waals surface area contributed by atoms with Gasteiger partial charge in [-0.15, -0.1) is 0 Å². The first-order valence-electron chi connectivity index (χ1n) is 4.44. The molecule has 1 aromatic carbocycles. The topological polar surface area (TPSA) is 9.23 Å². The Morgan fingerprint density at radius 1 is 1.42 bits per heavy atom. The van der Waals surface area contributed by atoms with Gasteiger partial charge in [0.15, 0.2) is 0 Å². The van der Waals surface area contributed by atoms with E-state index in [1.165, 1.54) is 23.1 Å². The fourth-order valence-electron chi connectivity index (χ4n) is 2.04. The second-order valence-electron chi connectivity index (χ2n) is 3.41. The third kappa shape index (κ3) is 1.05. The minimum Gasteiger partial charge on any atom is -0.377 e. The zero-order valence-electron chi connectivity index (χ0n) is 7.63. The van der Waals surface area contributed by atoms with Gasteiger partial charge in [0.2, 0.25) is 0 Å². The number of hydrogen-bond donors (Lipinski definition) is 0. The molecule has 0 spiro atoms. The van der Waals surface area contributed by atoms with E-state index in [0.717, 1.165) is 6.42 Å². The summed E-state index contributed by atoms with van der Waals surface area (Å²) in [7, 11) is 1.79. The number of benzene rings is 1. The maximum absolute atomic E-state index is 5.39. The summed E-state index contributed by atoms with van der Waals surface area (Å²) < 4.78 is 5.39. The van der Waals surface area contributed by atoms with E-state index >= 15 is 0 Å². The summed E-state index contributed by atoms with van der Waals surface area (Å²) >= 11 is 0. The first-order valence-corrected chi connectivity index (χ1v) is 4.44. The van der Waals surface area contributed by atoms with Crippen molar-refractivity contribution in [1.82, 2.24) is 0 Å². The van der Waals surface area contributed by atoms with Crippen LogP contribution in [0.3, 0.4) is 0 Å². The van der Waals surface area contributed by atoms with Gasteiger partial charge < -0.3 is 4.74 Å². The van der Waals surface area contributed by atoms with E-state index in [-0.39, 0.29) is 0 Å². The van der Waals surface area contributed by atoms with Gasteiger partial charge in [-0.2, -0.15) is 0 Å². The van der Waals surface area contributed by atoms with Crippen LogP contribution in [0.4, 0.5) is 0 Å². The van der Waals surface area contributed by atoms with Crippen LogP contribution in [0.1, 0.15) is 29.2 Å². The zero-order chi connectivity index (χ0) is 8.55. The smallest absolute Gasteiger partial charge is 0.0827 e. The summed E-state index contributed by atoms with van der Waals surface area (Å²) in [5.74, 6) is 0. The Balaban J connectivity index is 2.46. The van der Waals surface area contributed by atoms with Crippen molar-refractivity contribution >= 4 is 0 Å². The minimum atomic E-state index is 0.347. The quantitative estimate of drug-likeness (QED) is 0.616. The van der Waals surface area contributed by atoms with Crippen molar-refractivity contribution in [3.8, 4) is 0 Å². The standard InChI is InChI=1S/C11H14O/c1-8-4-3-5-10-9(8)6-7-11(10)12-2/h3-5,11H,6-7H2,1-2H3/t11-/m0/s1. The summed E-state index contributed by atoms with van der Waals surface area (Å²) in [5.41, 5.74) is 4.31. The average Bonchev–Trinajstić information content (AvgIpc) is 2.49. The number of fused-ring (bicyclic) bond motifs is 1. The molecular weight excluding hydrogens is 148 g/mol. The predicted molar refractivity (Wildman–Crippen MR) is 49.3 cm³/mol. The van der Waals surface area contributed by atoms with Gasteiger partial charge in [-0.1, -0.05) is 18.2 Å². The van der Waals surface area contributed by atoms with Gasteiger partial charge in [-0.25, -0.2) is 0 Å². The van der Waals surface area contributed by atoms with E-state index in [0.29, 0.717) is 6.10 Å².